The van der Waals surface area contributed by atoms with Crippen LogP contribution >= 0.6 is 8.25 Å². The highest BCUT2D eigenvalue weighted by atomic mass is 31.1. The summed E-state index contributed by atoms with van der Waals surface area (Å²) < 4.78 is 23.6. The summed E-state index contributed by atoms with van der Waals surface area (Å²) in [5.74, 6) is -0.809. The normalized spacial score (nSPS) is 19.2. The van der Waals surface area contributed by atoms with Crippen LogP contribution < -0.4 is 10.5 Å². The molecule has 35 heavy (non-hydrogen) atoms. The third-order valence-electron chi connectivity index (χ3n) is 7.04. The van der Waals surface area contributed by atoms with Gasteiger partial charge >= 0.3 is 14.2 Å². The molecule has 0 fully saturated rings. The lowest BCUT2D eigenvalue weighted by Gasteiger charge is -2.31. The molecule has 2 atom stereocenters. The minimum atomic E-state index is -3.36. The summed E-state index contributed by atoms with van der Waals surface area (Å²) in [6, 6.07) is 10.8. The number of rotatable bonds is 6. The van der Waals surface area contributed by atoms with Crippen molar-refractivity contribution in [1.29, 1.82) is 0 Å². The van der Waals surface area contributed by atoms with Crippen molar-refractivity contribution in [2.45, 2.75) is 64.2 Å². The molecule has 2 aliphatic heterocycles. The molecule has 0 aliphatic carbocycles. The third kappa shape index (κ3) is 3.87. The number of benzene rings is 1. The van der Waals surface area contributed by atoms with E-state index < -0.39 is 27.9 Å². The number of nitrogens with zero attached hydrogens (tertiary/aromatic N) is 2. The average Bonchev–Trinajstić information content (AvgIpc) is 3.16. The van der Waals surface area contributed by atoms with Gasteiger partial charge in [0.25, 0.3) is 5.56 Å². The molecule has 4 heterocycles. The Morgan fingerprint density at radius 2 is 1.97 bits per heavy atom. The Hall–Kier alpha value is -2.71. The van der Waals surface area contributed by atoms with Crippen LogP contribution in [-0.2, 0) is 43.8 Å². The van der Waals surface area contributed by atoms with Crippen LogP contribution in [0.4, 0.5) is 0 Å². The van der Waals surface area contributed by atoms with Crippen LogP contribution in [0.3, 0.4) is 0 Å². The van der Waals surface area contributed by atoms with E-state index in [2.05, 4.69) is 25.7 Å². The average molecular weight is 511 g/mol. The van der Waals surface area contributed by atoms with Gasteiger partial charge in [0.05, 0.1) is 29.0 Å². The van der Waals surface area contributed by atoms with E-state index in [1.54, 1.807) is 17.6 Å². The molecule has 0 amide bonds. The number of pyridine rings is 2. The molecule has 0 saturated carbocycles. The second-order valence-corrected chi connectivity index (χ2v) is 16.6. The van der Waals surface area contributed by atoms with Crippen molar-refractivity contribution < 1.29 is 23.5 Å². The maximum Gasteiger partial charge on any atom is 0.490 e. The van der Waals surface area contributed by atoms with Gasteiger partial charge in [-0.05, 0) is 35.1 Å². The number of para-hydroxylation sites is 1. The first kappa shape index (κ1) is 24.0. The third-order valence-corrected chi connectivity index (χ3v) is 9.25. The Balaban J connectivity index is 1.76. The quantitative estimate of drug-likeness (QED) is 0.219. The van der Waals surface area contributed by atoms with E-state index in [1.807, 2.05) is 18.2 Å². The molecule has 3 aromatic rings. The van der Waals surface area contributed by atoms with Crippen molar-refractivity contribution in [2.75, 3.05) is 0 Å². The largest absolute Gasteiger partial charge is 0.566 e. The molecule has 0 bridgehead atoms. The van der Waals surface area contributed by atoms with E-state index in [0.29, 0.717) is 17.9 Å². The predicted octanol–water partition coefficient (Wildman–Crippen LogP) is 4.00. The van der Waals surface area contributed by atoms with Crippen molar-refractivity contribution in [1.82, 2.24) is 9.55 Å². The van der Waals surface area contributed by atoms with Crippen LogP contribution in [0.15, 0.2) is 35.1 Å². The summed E-state index contributed by atoms with van der Waals surface area (Å²) >= 11 is 0. The minimum absolute atomic E-state index is 0.00447. The first-order chi connectivity index (χ1) is 16.6. The molecular formula is C25H27N2O6PSi. The van der Waals surface area contributed by atoms with Crippen LogP contribution in [0.5, 0.6) is 0 Å². The van der Waals surface area contributed by atoms with Gasteiger partial charge in [0, 0.05) is 24.6 Å². The molecule has 182 valence electrons. The monoisotopic (exact) mass is 510 g/mol. The number of carbonyl (C=O) groups is 1. The molecule has 10 heteroatoms. The summed E-state index contributed by atoms with van der Waals surface area (Å²) in [6.07, 6.45) is 0.897. The second kappa shape index (κ2) is 8.45. The maximum atomic E-state index is 13.6. The second-order valence-electron chi connectivity index (χ2n) is 10.4. The van der Waals surface area contributed by atoms with E-state index in [1.165, 1.54) is 5.56 Å². The van der Waals surface area contributed by atoms with E-state index >= 15 is 0 Å². The Morgan fingerprint density at radius 3 is 2.66 bits per heavy atom. The number of esters is 1. The molecule has 0 N–H and O–H groups in total. The summed E-state index contributed by atoms with van der Waals surface area (Å²) in [7, 11) is -4.70. The van der Waals surface area contributed by atoms with E-state index in [0.717, 1.165) is 28.9 Å². The van der Waals surface area contributed by atoms with Crippen molar-refractivity contribution in [2.24, 2.45) is 0 Å². The topological polar surface area (TPSA) is 111 Å². The van der Waals surface area contributed by atoms with Gasteiger partial charge in [-0.2, -0.15) is 0 Å². The van der Waals surface area contributed by atoms with Crippen LogP contribution in [0.25, 0.3) is 22.3 Å². The summed E-state index contributed by atoms with van der Waals surface area (Å²) in [5.41, 5.74) is 2.62. The lowest BCUT2D eigenvalue weighted by atomic mass is 9.86. The van der Waals surface area contributed by atoms with Gasteiger partial charge in [-0.15, -0.1) is 4.52 Å². The zero-order valence-electron chi connectivity index (χ0n) is 20.2. The predicted molar refractivity (Wildman–Crippen MR) is 133 cm³/mol. The van der Waals surface area contributed by atoms with Crippen LogP contribution in [0, 0.1) is 0 Å². The molecule has 2 aliphatic rings. The van der Waals surface area contributed by atoms with Gasteiger partial charge in [0.1, 0.15) is 6.61 Å². The zero-order chi connectivity index (χ0) is 25.1. The number of hydrogen-bond acceptors (Lipinski definition) is 7. The van der Waals surface area contributed by atoms with Crippen LogP contribution in [0.1, 0.15) is 35.6 Å². The molecule has 5 rings (SSSR count). The fraction of sp³-hybridized carbons (Fsp3) is 0.400. The molecule has 1 unspecified atom stereocenters. The highest BCUT2D eigenvalue weighted by molar-refractivity contribution is 7.30. The van der Waals surface area contributed by atoms with Gasteiger partial charge in [-0.3, -0.25) is 4.79 Å². The fourth-order valence-electron chi connectivity index (χ4n) is 5.17. The van der Waals surface area contributed by atoms with Crippen molar-refractivity contribution in [3.8, 4) is 11.4 Å². The molecule has 2 aromatic heterocycles. The molecular weight excluding hydrogens is 483 g/mol. The fourth-order valence-corrected chi connectivity index (χ4v) is 6.72. The molecule has 0 radical (unpaired) electrons. The Labute approximate surface area is 204 Å². The summed E-state index contributed by atoms with van der Waals surface area (Å²) in [5, 5.41) is 1.09. The first-order valence-corrected chi connectivity index (χ1v) is 16.5. The van der Waals surface area contributed by atoms with Gasteiger partial charge < -0.3 is 14.2 Å². The lowest BCUT2D eigenvalue weighted by Crippen LogP contribution is -2.45. The number of cyclic esters (lactones) is 1. The Morgan fingerprint density at radius 1 is 1.23 bits per heavy atom. The van der Waals surface area contributed by atoms with Crippen molar-refractivity contribution in [3.05, 3.63) is 62.9 Å². The minimum Gasteiger partial charge on any atom is -0.566 e. The number of aryl methyl sites for hydroxylation is 1. The van der Waals surface area contributed by atoms with Gasteiger partial charge in [-0.25, -0.2) is 9.78 Å². The number of aromatic nitrogens is 2. The number of carbonyl (C=O) groups excluding carboxylic acids is 1. The van der Waals surface area contributed by atoms with E-state index in [-0.39, 0.29) is 29.7 Å². The summed E-state index contributed by atoms with van der Waals surface area (Å²) in [4.78, 5) is 42.9. The van der Waals surface area contributed by atoms with E-state index in [4.69, 9.17) is 14.2 Å². The Kier molecular flexibility index (Phi) is 5.79. The highest BCUT2D eigenvalue weighted by Crippen LogP contribution is 2.44. The standard InChI is InChI=1S/C25H27N2O6PSi/c1-5-25(33-34(30)31)19-12-21-22-17(13-27(21)23(28)18(19)14-32-24(25)29)15(10-11-35(2,3)4)16-8-6-7-9-20(16)26-22/h6-9,12H,5,10-11,13-14H2,1-4H3/t25-/m0/s1. The highest BCUT2D eigenvalue weighted by Gasteiger charge is 2.52. The smallest absolute Gasteiger partial charge is 0.490 e. The van der Waals surface area contributed by atoms with Gasteiger partial charge in [0.15, 0.2) is 0 Å². The molecule has 1 aromatic carbocycles. The van der Waals surface area contributed by atoms with Crippen LogP contribution in [0.2, 0.25) is 25.7 Å². The Bertz CT molecular complexity index is 1460. The van der Waals surface area contributed by atoms with E-state index in [9.17, 15) is 19.0 Å². The number of fused-ring (bicyclic) bond motifs is 5. The summed E-state index contributed by atoms with van der Waals surface area (Å²) in [6.45, 7) is 8.81. The van der Waals surface area contributed by atoms with Gasteiger partial charge in [-0.1, -0.05) is 50.8 Å². The molecule has 0 spiro atoms. The maximum absolute atomic E-state index is 13.6. The lowest BCUT2D eigenvalue weighted by molar-refractivity contribution is -0.207. The SMILES string of the molecule is CC[C@@]1(O[P+](=O)[O-])C(=O)OCc2c1cc1n(c2=O)Cc2c-1nc1ccccc1c2CC[Si](C)(C)C. The number of ether oxygens (including phenoxy) is 1. The first-order valence-electron chi connectivity index (χ1n) is 11.7. The number of hydrogen-bond donors (Lipinski definition) is 0. The zero-order valence-corrected chi connectivity index (χ0v) is 22.1. The van der Waals surface area contributed by atoms with Crippen molar-refractivity contribution in [3.63, 3.8) is 0 Å². The van der Waals surface area contributed by atoms with Gasteiger partial charge in [0.2, 0.25) is 5.60 Å². The molecule has 8 nitrogen and oxygen atoms in total. The van der Waals surface area contributed by atoms with Crippen LogP contribution in [-0.4, -0.2) is 23.6 Å². The van der Waals surface area contributed by atoms with Crippen molar-refractivity contribution >= 4 is 33.2 Å². The molecule has 0 saturated heterocycles.